The fourth-order valence-electron chi connectivity index (χ4n) is 1.80. The van der Waals surface area contributed by atoms with Crippen LogP contribution < -0.4 is 10.5 Å². The highest BCUT2D eigenvalue weighted by Crippen LogP contribution is 2.18. The van der Waals surface area contributed by atoms with E-state index in [4.69, 9.17) is 10.5 Å². The van der Waals surface area contributed by atoms with Crippen molar-refractivity contribution in [3.05, 3.63) is 64.2 Å². The van der Waals surface area contributed by atoms with Gasteiger partial charge in [-0.3, -0.25) is 10.1 Å². The number of nitrogens with zero attached hydrogens (tertiary/aromatic N) is 1. The standard InChI is InChI=1S/C15H14N2O5/c16-14(9-10-1-5-12(18)6-2-10)15(19)22-13-7-3-11(4-8-13)17(20)21/h1-8,14,18H,9,16H2. The summed E-state index contributed by atoms with van der Waals surface area (Å²) in [6.07, 6.45) is 0.256. The molecule has 0 bridgehead atoms. The van der Waals surface area contributed by atoms with Crippen molar-refractivity contribution in [2.24, 2.45) is 5.73 Å². The lowest BCUT2D eigenvalue weighted by Gasteiger charge is -2.11. The normalized spacial score (nSPS) is 11.7. The summed E-state index contributed by atoms with van der Waals surface area (Å²) >= 11 is 0. The monoisotopic (exact) mass is 302 g/mol. The number of hydrogen-bond donors (Lipinski definition) is 2. The Balaban J connectivity index is 1.95. The number of esters is 1. The van der Waals surface area contributed by atoms with Crippen LogP contribution in [0.4, 0.5) is 5.69 Å². The van der Waals surface area contributed by atoms with Gasteiger partial charge in [0.15, 0.2) is 0 Å². The highest BCUT2D eigenvalue weighted by atomic mass is 16.6. The molecule has 7 nitrogen and oxygen atoms in total. The van der Waals surface area contributed by atoms with E-state index in [2.05, 4.69) is 0 Å². The average Bonchev–Trinajstić information content (AvgIpc) is 2.50. The number of rotatable bonds is 5. The third kappa shape index (κ3) is 4.03. The van der Waals surface area contributed by atoms with Crippen molar-refractivity contribution in [1.29, 1.82) is 0 Å². The van der Waals surface area contributed by atoms with Gasteiger partial charge in [0.1, 0.15) is 17.5 Å². The van der Waals surface area contributed by atoms with Gasteiger partial charge in [0.05, 0.1) is 4.92 Å². The van der Waals surface area contributed by atoms with E-state index in [1.54, 1.807) is 12.1 Å². The number of benzene rings is 2. The van der Waals surface area contributed by atoms with Gasteiger partial charge in [-0.25, -0.2) is 4.79 Å². The van der Waals surface area contributed by atoms with Crippen molar-refractivity contribution in [2.75, 3.05) is 0 Å². The molecule has 0 aliphatic rings. The molecule has 1 atom stereocenters. The molecule has 7 heteroatoms. The minimum absolute atomic E-state index is 0.0896. The second kappa shape index (κ2) is 6.68. The summed E-state index contributed by atoms with van der Waals surface area (Å²) in [7, 11) is 0. The Labute approximate surface area is 126 Å². The van der Waals surface area contributed by atoms with Gasteiger partial charge in [-0.05, 0) is 36.2 Å². The third-order valence-electron chi connectivity index (χ3n) is 2.96. The second-order valence-corrected chi connectivity index (χ2v) is 4.65. The van der Waals surface area contributed by atoms with Crippen LogP contribution in [-0.4, -0.2) is 22.0 Å². The van der Waals surface area contributed by atoms with Crippen molar-refractivity contribution in [2.45, 2.75) is 12.5 Å². The Kier molecular flexibility index (Phi) is 4.70. The summed E-state index contributed by atoms with van der Waals surface area (Å²) in [5.41, 5.74) is 6.46. The largest absolute Gasteiger partial charge is 0.508 e. The van der Waals surface area contributed by atoms with Crippen molar-refractivity contribution in [1.82, 2.24) is 0 Å². The fourth-order valence-corrected chi connectivity index (χ4v) is 1.80. The van der Waals surface area contributed by atoms with Gasteiger partial charge in [-0.15, -0.1) is 0 Å². The first-order chi connectivity index (χ1) is 10.5. The van der Waals surface area contributed by atoms with Crippen LogP contribution in [0.25, 0.3) is 0 Å². The molecule has 0 aliphatic carbocycles. The number of aromatic hydroxyl groups is 1. The zero-order valence-electron chi connectivity index (χ0n) is 11.5. The number of nitrogens with two attached hydrogens (primary N) is 1. The maximum atomic E-state index is 11.9. The van der Waals surface area contributed by atoms with E-state index in [1.807, 2.05) is 0 Å². The number of phenolic OH excluding ortho intramolecular Hbond substituents is 1. The van der Waals surface area contributed by atoms with Crippen LogP contribution in [0.5, 0.6) is 11.5 Å². The first-order valence-corrected chi connectivity index (χ1v) is 6.45. The van der Waals surface area contributed by atoms with Gasteiger partial charge in [0.2, 0.25) is 0 Å². The maximum absolute atomic E-state index is 11.9. The molecule has 2 aromatic rings. The van der Waals surface area contributed by atoms with E-state index in [9.17, 15) is 20.0 Å². The van der Waals surface area contributed by atoms with E-state index in [-0.39, 0.29) is 23.6 Å². The molecule has 0 heterocycles. The molecule has 2 rings (SSSR count). The SMILES string of the molecule is NC(Cc1ccc(O)cc1)C(=O)Oc1ccc([N+](=O)[O-])cc1. The molecule has 0 radical (unpaired) electrons. The van der Waals surface area contributed by atoms with E-state index in [0.29, 0.717) is 0 Å². The van der Waals surface area contributed by atoms with Gasteiger partial charge in [0.25, 0.3) is 5.69 Å². The summed E-state index contributed by atoms with van der Waals surface area (Å²) in [5.74, 6) is -0.315. The molecular formula is C15H14N2O5. The van der Waals surface area contributed by atoms with E-state index < -0.39 is 16.9 Å². The molecule has 0 aromatic heterocycles. The van der Waals surface area contributed by atoms with Crippen LogP contribution in [-0.2, 0) is 11.2 Å². The zero-order valence-corrected chi connectivity index (χ0v) is 11.5. The fraction of sp³-hybridized carbons (Fsp3) is 0.133. The summed E-state index contributed by atoms with van der Waals surface area (Å²) < 4.78 is 5.07. The Morgan fingerprint density at radius 1 is 1.18 bits per heavy atom. The van der Waals surface area contributed by atoms with Crippen LogP contribution >= 0.6 is 0 Å². The van der Waals surface area contributed by atoms with Crippen LogP contribution in [0.2, 0.25) is 0 Å². The molecular weight excluding hydrogens is 288 g/mol. The molecule has 3 N–H and O–H groups in total. The number of carbonyl (C=O) groups is 1. The lowest BCUT2D eigenvalue weighted by atomic mass is 10.1. The summed E-state index contributed by atoms with van der Waals surface area (Å²) in [6, 6.07) is 10.6. The van der Waals surface area contributed by atoms with Crippen molar-refractivity contribution >= 4 is 11.7 Å². The Morgan fingerprint density at radius 3 is 2.32 bits per heavy atom. The van der Waals surface area contributed by atoms with Gasteiger partial charge in [0, 0.05) is 12.1 Å². The van der Waals surface area contributed by atoms with Gasteiger partial charge in [-0.1, -0.05) is 12.1 Å². The van der Waals surface area contributed by atoms with Crippen LogP contribution in [0.15, 0.2) is 48.5 Å². The molecule has 1 unspecified atom stereocenters. The predicted octanol–water partition coefficient (Wildman–Crippen LogP) is 1.78. The third-order valence-corrected chi connectivity index (χ3v) is 2.96. The minimum atomic E-state index is -0.875. The zero-order chi connectivity index (χ0) is 16.1. The Bertz CT molecular complexity index is 667. The van der Waals surface area contributed by atoms with Crippen LogP contribution in [0, 0.1) is 10.1 Å². The summed E-state index contributed by atoms with van der Waals surface area (Å²) in [6.45, 7) is 0. The highest BCUT2D eigenvalue weighted by molar-refractivity contribution is 5.78. The molecule has 0 aliphatic heterocycles. The average molecular weight is 302 g/mol. The lowest BCUT2D eigenvalue weighted by molar-refractivity contribution is -0.384. The van der Waals surface area contributed by atoms with E-state index in [1.165, 1.54) is 36.4 Å². The van der Waals surface area contributed by atoms with Gasteiger partial charge >= 0.3 is 5.97 Å². The first-order valence-electron chi connectivity index (χ1n) is 6.45. The number of hydrogen-bond acceptors (Lipinski definition) is 6. The maximum Gasteiger partial charge on any atom is 0.328 e. The molecule has 2 aromatic carbocycles. The number of nitro benzene ring substituents is 1. The number of non-ortho nitro benzene ring substituents is 1. The van der Waals surface area contributed by atoms with Gasteiger partial charge < -0.3 is 15.6 Å². The minimum Gasteiger partial charge on any atom is -0.508 e. The molecule has 0 fully saturated rings. The number of phenols is 1. The smallest absolute Gasteiger partial charge is 0.328 e. The second-order valence-electron chi connectivity index (χ2n) is 4.65. The van der Waals surface area contributed by atoms with E-state index in [0.717, 1.165) is 5.56 Å². The quantitative estimate of drug-likeness (QED) is 0.376. The van der Waals surface area contributed by atoms with Crippen molar-refractivity contribution < 1.29 is 19.6 Å². The molecule has 0 saturated carbocycles. The molecule has 0 spiro atoms. The molecule has 0 saturated heterocycles. The highest BCUT2D eigenvalue weighted by Gasteiger charge is 2.17. The lowest BCUT2D eigenvalue weighted by Crippen LogP contribution is -2.36. The topological polar surface area (TPSA) is 116 Å². The van der Waals surface area contributed by atoms with E-state index >= 15 is 0 Å². The number of ether oxygens (including phenoxy) is 1. The molecule has 22 heavy (non-hydrogen) atoms. The Morgan fingerprint density at radius 2 is 1.77 bits per heavy atom. The predicted molar refractivity (Wildman–Crippen MR) is 78.5 cm³/mol. The van der Waals surface area contributed by atoms with Gasteiger partial charge in [-0.2, -0.15) is 0 Å². The Hall–Kier alpha value is -2.93. The summed E-state index contributed by atoms with van der Waals surface area (Å²) in [5, 5.41) is 19.7. The van der Waals surface area contributed by atoms with Crippen molar-refractivity contribution in [3.63, 3.8) is 0 Å². The first kappa shape index (κ1) is 15.5. The number of nitro groups is 1. The van der Waals surface area contributed by atoms with Crippen LogP contribution in [0.3, 0.4) is 0 Å². The van der Waals surface area contributed by atoms with Crippen LogP contribution in [0.1, 0.15) is 5.56 Å². The van der Waals surface area contributed by atoms with Crippen molar-refractivity contribution in [3.8, 4) is 11.5 Å². The molecule has 0 amide bonds. The summed E-state index contributed by atoms with van der Waals surface area (Å²) in [4.78, 5) is 21.9. The number of carbonyl (C=O) groups excluding carboxylic acids is 1. The molecule has 114 valence electrons.